The molecule has 0 saturated heterocycles. The van der Waals surface area contributed by atoms with Crippen LogP contribution in [0.15, 0.2) is 28.5 Å². The monoisotopic (exact) mass is 395 g/mol. The summed E-state index contributed by atoms with van der Waals surface area (Å²) < 4.78 is 33.4. The Morgan fingerprint density at radius 3 is 2.65 bits per heavy atom. The zero-order valence-electron chi connectivity index (χ0n) is 14.6. The van der Waals surface area contributed by atoms with Crippen LogP contribution in [0.2, 0.25) is 0 Å². The van der Waals surface area contributed by atoms with E-state index >= 15 is 0 Å². The van der Waals surface area contributed by atoms with Crippen molar-refractivity contribution in [1.82, 2.24) is 9.71 Å². The molecule has 1 saturated carbocycles. The summed E-state index contributed by atoms with van der Waals surface area (Å²) in [6.45, 7) is 1.83. The Balaban J connectivity index is 1.86. The normalized spacial score (nSPS) is 15.2. The first-order valence-corrected chi connectivity index (χ1v) is 10.7. The largest absolute Gasteiger partial charge is 0.495 e. The van der Waals surface area contributed by atoms with Crippen molar-refractivity contribution in [2.45, 2.75) is 43.5 Å². The molecule has 0 radical (unpaired) electrons. The average Bonchev–Trinajstić information content (AvgIpc) is 3.25. The topological polar surface area (TPSA) is 97.4 Å². The lowest BCUT2D eigenvalue weighted by Crippen LogP contribution is -2.33. The molecule has 7 nitrogen and oxygen atoms in total. The number of hydrogen-bond acceptors (Lipinski definition) is 6. The first-order chi connectivity index (χ1) is 12.4. The summed E-state index contributed by atoms with van der Waals surface area (Å²) in [4.78, 5) is 16.6. The molecule has 1 aliphatic rings. The minimum absolute atomic E-state index is 0.0325. The molecule has 2 aromatic rings. The summed E-state index contributed by atoms with van der Waals surface area (Å²) in [5.41, 5.74) is 1.04. The molecule has 3 rings (SSSR count). The van der Waals surface area contributed by atoms with Gasteiger partial charge in [-0.2, -0.15) is 0 Å². The lowest BCUT2D eigenvalue weighted by atomic mass is 10.2. The van der Waals surface area contributed by atoms with Gasteiger partial charge in [-0.3, -0.25) is 10.1 Å². The number of nitrogens with one attached hydrogen (secondary N) is 2. The molecule has 1 aromatic heterocycles. The van der Waals surface area contributed by atoms with Crippen LogP contribution in [0.25, 0.3) is 0 Å². The molecule has 1 heterocycles. The highest BCUT2D eigenvalue weighted by molar-refractivity contribution is 7.89. The summed E-state index contributed by atoms with van der Waals surface area (Å²) in [5.74, 6) is -0.212. The van der Waals surface area contributed by atoms with Crippen LogP contribution in [0.1, 0.15) is 41.7 Å². The third-order valence-electron chi connectivity index (χ3n) is 4.23. The van der Waals surface area contributed by atoms with Gasteiger partial charge in [0.1, 0.15) is 10.6 Å². The minimum Gasteiger partial charge on any atom is -0.495 e. The standard InChI is InChI=1S/C17H21N3O4S2/c1-11-10-25-17(18-11)19-16(21)12-7-8-14(24-2)15(9-12)26(22,23)20-13-5-3-4-6-13/h7-10,13,20H,3-6H2,1-2H3,(H,18,19,21). The van der Waals surface area contributed by atoms with Gasteiger partial charge in [-0.15, -0.1) is 11.3 Å². The molecular weight excluding hydrogens is 374 g/mol. The van der Waals surface area contributed by atoms with E-state index in [1.807, 2.05) is 12.3 Å². The number of carbonyl (C=O) groups is 1. The first-order valence-electron chi connectivity index (χ1n) is 8.33. The number of thiazole rings is 1. The number of amides is 1. The molecule has 9 heteroatoms. The Hall–Kier alpha value is -1.97. The molecular formula is C17H21N3O4S2. The molecule has 0 unspecified atom stereocenters. The van der Waals surface area contributed by atoms with Gasteiger partial charge < -0.3 is 4.74 Å². The van der Waals surface area contributed by atoms with E-state index in [9.17, 15) is 13.2 Å². The Kier molecular flexibility index (Phi) is 5.59. The van der Waals surface area contributed by atoms with Crippen LogP contribution in [-0.4, -0.2) is 32.5 Å². The molecule has 1 fully saturated rings. The predicted molar refractivity (Wildman–Crippen MR) is 100 cm³/mol. The lowest BCUT2D eigenvalue weighted by Gasteiger charge is -2.15. The van der Waals surface area contributed by atoms with Gasteiger partial charge in [-0.05, 0) is 38.0 Å². The van der Waals surface area contributed by atoms with Crippen LogP contribution < -0.4 is 14.8 Å². The highest BCUT2D eigenvalue weighted by Crippen LogP contribution is 2.27. The smallest absolute Gasteiger partial charge is 0.257 e. The third kappa shape index (κ3) is 4.22. The van der Waals surface area contributed by atoms with Crippen molar-refractivity contribution in [2.24, 2.45) is 0 Å². The van der Waals surface area contributed by atoms with Crippen molar-refractivity contribution in [2.75, 3.05) is 12.4 Å². The SMILES string of the molecule is COc1ccc(C(=O)Nc2nc(C)cs2)cc1S(=O)(=O)NC1CCCC1. The second kappa shape index (κ2) is 7.73. The molecule has 0 bridgehead atoms. The van der Waals surface area contributed by atoms with E-state index in [4.69, 9.17) is 4.74 Å². The fourth-order valence-electron chi connectivity index (χ4n) is 2.94. The van der Waals surface area contributed by atoms with Gasteiger partial charge in [0.2, 0.25) is 10.0 Å². The second-order valence-electron chi connectivity index (χ2n) is 6.22. The highest BCUT2D eigenvalue weighted by atomic mass is 32.2. The molecule has 26 heavy (non-hydrogen) atoms. The number of ether oxygens (including phenoxy) is 1. The fourth-order valence-corrected chi connectivity index (χ4v) is 5.12. The second-order valence-corrected chi connectivity index (χ2v) is 8.76. The number of aromatic nitrogens is 1. The summed E-state index contributed by atoms with van der Waals surface area (Å²) in [5, 5.41) is 4.97. The van der Waals surface area contributed by atoms with Gasteiger partial charge in [0.25, 0.3) is 5.91 Å². The van der Waals surface area contributed by atoms with Gasteiger partial charge in [-0.1, -0.05) is 12.8 Å². The molecule has 1 aromatic carbocycles. The molecule has 1 amide bonds. The number of hydrogen-bond donors (Lipinski definition) is 2. The van der Waals surface area contributed by atoms with E-state index < -0.39 is 15.9 Å². The Bertz CT molecular complexity index is 902. The van der Waals surface area contributed by atoms with Gasteiger partial charge in [0, 0.05) is 17.0 Å². The number of aryl methyl sites for hydroxylation is 1. The lowest BCUT2D eigenvalue weighted by molar-refractivity contribution is 0.102. The summed E-state index contributed by atoms with van der Waals surface area (Å²) in [6.07, 6.45) is 3.68. The van der Waals surface area contributed by atoms with Gasteiger partial charge in [0.05, 0.1) is 12.8 Å². The van der Waals surface area contributed by atoms with Crippen LogP contribution >= 0.6 is 11.3 Å². The minimum atomic E-state index is -3.78. The quantitative estimate of drug-likeness (QED) is 0.784. The maximum atomic E-state index is 12.8. The maximum Gasteiger partial charge on any atom is 0.257 e. The van der Waals surface area contributed by atoms with Crippen molar-refractivity contribution >= 4 is 32.4 Å². The number of sulfonamides is 1. The van der Waals surface area contributed by atoms with Crippen LogP contribution in [-0.2, 0) is 10.0 Å². The van der Waals surface area contributed by atoms with Crippen molar-refractivity contribution in [3.8, 4) is 5.75 Å². The fraction of sp³-hybridized carbons (Fsp3) is 0.412. The molecule has 1 aliphatic carbocycles. The summed E-state index contributed by atoms with van der Waals surface area (Å²) >= 11 is 1.31. The number of benzene rings is 1. The van der Waals surface area contributed by atoms with Crippen LogP contribution in [0.3, 0.4) is 0 Å². The Morgan fingerprint density at radius 2 is 2.04 bits per heavy atom. The Labute approximate surface area is 156 Å². The molecule has 140 valence electrons. The maximum absolute atomic E-state index is 12.8. The van der Waals surface area contributed by atoms with Crippen molar-refractivity contribution in [3.05, 3.63) is 34.8 Å². The molecule has 0 spiro atoms. The zero-order valence-corrected chi connectivity index (χ0v) is 16.2. The zero-order chi connectivity index (χ0) is 18.7. The molecule has 2 N–H and O–H groups in total. The number of anilines is 1. The van der Waals surface area contributed by atoms with Crippen molar-refractivity contribution in [3.63, 3.8) is 0 Å². The number of rotatable bonds is 6. The number of methoxy groups -OCH3 is 1. The predicted octanol–water partition coefficient (Wildman–Crippen LogP) is 2.93. The average molecular weight is 396 g/mol. The third-order valence-corrected chi connectivity index (χ3v) is 6.65. The summed E-state index contributed by atoms with van der Waals surface area (Å²) in [7, 11) is -2.37. The van der Waals surface area contributed by atoms with E-state index in [1.54, 1.807) is 0 Å². The van der Waals surface area contributed by atoms with Gasteiger partial charge >= 0.3 is 0 Å². The van der Waals surface area contributed by atoms with Crippen molar-refractivity contribution < 1.29 is 17.9 Å². The van der Waals surface area contributed by atoms with Crippen LogP contribution in [0, 0.1) is 6.92 Å². The van der Waals surface area contributed by atoms with Gasteiger partial charge in [0.15, 0.2) is 5.13 Å². The number of nitrogens with zero attached hydrogens (tertiary/aromatic N) is 1. The van der Waals surface area contributed by atoms with E-state index in [0.29, 0.717) is 5.13 Å². The van der Waals surface area contributed by atoms with E-state index in [1.165, 1.54) is 36.6 Å². The molecule has 0 aliphatic heterocycles. The molecule has 0 atom stereocenters. The Morgan fingerprint density at radius 1 is 1.31 bits per heavy atom. The van der Waals surface area contributed by atoms with E-state index in [-0.39, 0.29) is 22.3 Å². The van der Waals surface area contributed by atoms with E-state index in [2.05, 4.69) is 15.0 Å². The number of carbonyl (C=O) groups excluding carboxylic acids is 1. The summed E-state index contributed by atoms with van der Waals surface area (Å²) in [6, 6.07) is 4.29. The van der Waals surface area contributed by atoms with Crippen LogP contribution in [0.5, 0.6) is 5.75 Å². The van der Waals surface area contributed by atoms with Crippen LogP contribution in [0.4, 0.5) is 5.13 Å². The van der Waals surface area contributed by atoms with Crippen molar-refractivity contribution in [1.29, 1.82) is 0 Å². The first kappa shape index (κ1) is 18.8. The van der Waals surface area contributed by atoms with Gasteiger partial charge in [-0.25, -0.2) is 18.1 Å². The highest BCUT2D eigenvalue weighted by Gasteiger charge is 2.26. The van der Waals surface area contributed by atoms with E-state index in [0.717, 1.165) is 31.4 Å².